The summed E-state index contributed by atoms with van der Waals surface area (Å²) < 4.78 is 0. The van der Waals surface area contributed by atoms with E-state index in [2.05, 4.69) is 15.2 Å². The molecule has 2 aromatic rings. The van der Waals surface area contributed by atoms with E-state index in [9.17, 15) is 0 Å². The minimum absolute atomic E-state index is 0.111. The van der Waals surface area contributed by atoms with Crippen molar-refractivity contribution >= 4 is 0 Å². The fourth-order valence-corrected chi connectivity index (χ4v) is 1.19. The van der Waals surface area contributed by atoms with Gasteiger partial charge in [-0.05, 0) is 6.92 Å². The van der Waals surface area contributed by atoms with Crippen molar-refractivity contribution in [3.63, 3.8) is 0 Å². The molecule has 0 aliphatic heterocycles. The Labute approximate surface area is 82.2 Å². The van der Waals surface area contributed by atoms with Crippen molar-refractivity contribution in [2.45, 2.75) is 13.0 Å². The lowest BCUT2D eigenvalue weighted by atomic mass is 10.2. The number of aromatic nitrogens is 3. The summed E-state index contributed by atoms with van der Waals surface area (Å²) in [5.74, 6) is 1.40. The van der Waals surface area contributed by atoms with Crippen LogP contribution in [0, 0.1) is 0 Å². The fourth-order valence-electron chi connectivity index (χ4n) is 1.19. The molecule has 1 aromatic heterocycles. The van der Waals surface area contributed by atoms with Gasteiger partial charge in [0, 0.05) is 5.56 Å². The number of benzene rings is 1. The molecule has 3 N–H and O–H groups in total. The largest absolute Gasteiger partial charge is 0.322 e. The van der Waals surface area contributed by atoms with E-state index >= 15 is 0 Å². The lowest BCUT2D eigenvalue weighted by molar-refractivity contribution is 0.745. The summed E-state index contributed by atoms with van der Waals surface area (Å²) in [4.78, 5) is 4.29. The third kappa shape index (κ3) is 1.65. The van der Waals surface area contributed by atoms with Crippen LogP contribution in [-0.4, -0.2) is 15.2 Å². The molecule has 1 heterocycles. The molecule has 2 rings (SSSR count). The summed E-state index contributed by atoms with van der Waals surface area (Å²) >= 11 is 0. The minimum atomic E-state index is -0.111. The maximum absolute atomic E-state index is 5.67. The average molecular weight is 188 g/mol. The minimum Gasteiger partial charge on any atom is -0.322 e. The predicted octanol–water partition coefficient (Wildman–Crippen LogP) is 1.49. The molecule has 0 amide bonds. The van der Waals surface area contributed by atoms with Gasteiger partial charge in [0.2, 0.25) is 0 Å². The Hall–Kier alpha value is -1.68. The normalized spacial score (nSPS) is 12.7. The molecule has 0 saturated heterocycles. The Bertz CT molecular complexity index is 405. The first-order chi connectivity index (χ1) is 6.77. The van der Waals surface area contributed by atoms with E-state index in [4.69, 9.17) is 5.73 Å². The Morgan fingerprint density at radius 1 is 1.29 bits per heavy atom. The quantitative estimate of drug-likeness (QED) is 0.750. The summed E-state index contributed by atoms with van der Waals surface area (Å²) in [6.45, 7) is 1.87. The van der Waals surface area contributed by atoms with Crippen LogP contribution in [0.2, 0.25) is 0 Å². The van der Waals surface area contributed by atoms with Crippen molar-refractivity contribution in [3.05, 3.63) is 36.2 Å². The zero-order chi connectivity index (χ0) is 9.97. The third-order valence-corrected chi connectivity index (χ3v) is 1.97. The molecular weight excluding hydrogens is 176 g/mol. The lowest BCUT2D eigenvalue weighted by Gasteiger charge is -1.96. The highest BCUT2D eigenvalue weighted by atomic mass is 15.2. The van der Waals surface area contributed by atoms with Gasteiger partial charge in [-0.1, -0.05) is 30.3 Å². The van der Waals surface area contributed by atoms with Crippen LogP contribution in [0.1, 0.15) is 18.8 Å². The van der Waals surface area contributed by atoms with Crippen molar-refractivity contribution in [3.8, 4) is 11.4 Å². The van der Waals surface area contributed by atoms with Gasteiger partial charge in [0.1, 0.15) is 5.82 Å². The number of hydrogen-bond donors (Lipinski definition) is 2. The zero-order valence-corrected chi connectivity index (χ0v) is 7.94. The second kappa shape index (κ2) is 3.59. The van der Waals surface area contributed by atoms with E-state index in [-0.39, 0.29) is 6.04 Å². The molecule has 1 aromatic carbocycles. The highest BCUT2D eigenvalue weighted by Gasteiger charge is 2.07. The third-order valence-electron chi connectivity index (χ3n) is 1.97. The van der Waals surface area contributed by atoms with Crippen LogP contribution in [0.5, 0.6) is 0 Å². The molecule has 1 atom stereocenters. The Balaban J connectivity index is 2.34. The molecule has 0 aliphatic carbocycles. The van der Waals surface area contributed by atoms with Crippen LogP contribution in [0.4, 0.5) is 0 Å². The second-order valence-electron chi connectivity index (χ2n) is 3.20. The summed E-state index contributed by atoms with van der Waals surface area (Å²) in [6, 6.07) is 9.69. The van der Waals surface area contributed by atoms with Crippen molar-refractivity contribution < 1.29 is 0 Å². The van der Waals surface area contributed by atoms with E-state index in [1.807, 2.05) is 37.3 Å². The topological polar surface area (TPSA) is 67.6 Å². The molecule has 72 valence electrons. The number of H-pyrrole nitrogens is 1. The molecule has 4 nitrogen and oxygen atoms in total. The lowest BCUT2D eigenvalue weighted by Crippen LogP contribution is -2.06. The number of rotatable bonds is 2. The van der Waals surface area contributed by atoms with Gasteiger partial charge >= 0.3 is 0 Å². The Kier molecular flexibility index (Phi) is 2.28. The van der Waals surface area contributed by atoms with Gasteiger partial charge in [0.15, 0.2) is 5.82 Å². The van der Waals surface area contributed by atoms with E-state index < -0.39 is 0 Å². The van der Waals surface area contributed by atoms with Crippen LogP contribution >= 0.6 is 0 Å². The summed E-state index contributed by atoms with van der Waals surface area (Å²) in [5.41, 5.74) is 6.67. The predicted molar refractivity (Wildman–Crippen MR) is 54.4 cm³/mol. The number of nitrogens with one attached hydrogen (secondary N) is 1. The Morgan fingerprint density at radius 3 is 2.57 bits per heavy atom. The van der Waals surface area contributed by atoms with Crippen molar-refractivity contribution in [1.29, 1.82) is 0 Å². The van der Waals surface area contributed by atoms with Crippen molar-refractivity contribution in [2.75, 3.05) is 0 Å². The highest BCUT2D eigenvalue weighted by Crippen LogP contribution is 2.14. The first-order valence-corrected chi connectivity index (χ1v) is 4.50. The summed E-state index contributed by atoms with van der Waals surface area (Å²) in [5, 5.41) is 6.91. The SMILES string of the molecule is C[C@@H](N)c1nc(-c2ccccc2)n[nH]1. The first kappa shape index (κ1) is 8.90. The molecule has 0 radical (unpaired) electrons. The second-order valence-corrected chi connectivity index (χ2v) is 3.20. The molecule has 14 heavy (non-hydrogen) atoms. The van der Waals surface area contributed by atoms with Gasteiger partial charge in [0.25, 0.3) is 0 Å². The van der Waals surface area contributed by atoms with Crippen LogP contribution in [0.25, 0.3) is 11.4 Å². The molecule has 0 fully saturated rings. The number of nitrogens with zero attached hydrogens (tertiary/aromatic N) is 2. The van der Waals surface area contributed by atoms with Gasteiger partial charge in [0.05, 0.1) is 6.04 Å². The van der Waals surface area contributed by atoms with Crippen molar-refractivity contribution in [1.82, 2.24) is 15.2 Å². The monoisotopic (exact) mass is 188 g/mol. The van der Waals surface area contributed by atoms with Crippen molar-refractivity contribution in [2.24, 2.45) is 5.73 Å². The smallest absolute Gasteiger partial charge is 0.181 e. The molecule has 0 bridgehead atoms. The van der Waals surface area contributed by atoms with E-state index in [0.29, 0.717) is 11.6 Å². The van der Waals surface area contributed by atoms with E-state index in [0.717, 1.165) is 5.56 Å². The maximum atomic E-state index is 5.67. The highest BCUT2D eigenvalue weighted by molar-refractivity contribution is 5.53. The van der Waals surface area contributed by atoms with Crippen LogP contribution in [0.15, 0.2) is 30.3 Å². The van der Waals surface area contributed by atoms with E-state index in [1.165, 1.54) is 0 Å². The first-order valence-electron chi connectivity index (χ1n) is 4.50. The number of nitrogens with two attached hydrogens (primary N) is 1. The van der Waals surface area contributed by atoms with Gasteiger partial charge in [-0.25, -0.2) is 4.98 Å². The Morgan fingerprint density at radius 2 is 2.00 bits per heavy atom. The molecule has 0 unspecified atom stereocenters. The van der Waals surface area contributed by atoms with Gasteiger partial charge in [-0.15, -0.1) is 0 Å². The average Bonchev–Trinajstić information content (AvgIpc) is 2.68. The summed E-state index contributed by atoms with van der Waals surface area (Å²) in [6.07, 6.45) is 0. The molecule has 4 heteroatoms. The molecular formula is C10H12N4. The zero-order valence-electron chi connectivity index (χ0n) is 7.94. The maximum Gasteiger partial charge on any atom is 0.181 e. The molecule has 0 aliphatic rings. The van der Waals surface area contributed by atoms with Gasteiger partial charge < -0.3 is 5.73 Å². The standard InChI is InChI=1S/C10H12N4/c1-7(11)9-12-10(14-13-9)8-5-3-2-4-6-8/h2-7H,11H2,1H3,(H,12,13,14)/t7-/m1/s1. The number of hydrogen-bond acceptors (Lipinski definition) is 3. The van der Waals surface area contributed by atoms with Crippen LogP contribution in [0.3, 0.4) is 0 Å². The summed E-state index contributed by atoms with van der Waals surface area (Å²) in [7, 11) is 0. The molecule has 0 saturated carbocycles. The van der Waals surface area contributed by atoms with Crippen LogP contribution in [-0.2, 0) is 0 Å². The van der Waals surface area contributed by atoms with Gasteiger partial charge in [-0.3, -0.25) is 5.10 Å². The van der Waals surface area contributed by atoms with E-state index in [1.54, 1.807) is 0 Å². The van der Waals surface area contributed by atoms with Gasteiger partial charge in [-0.2, -0.15) is 5.10 Å². The number of aromatic amines is 1. The van der Waals surface area contributed by atoms with Crippen LogP contribution < -0.4 is 5.73 Å². The molecule has 0 spiro atoms. The fraction of sp³-hybridized carbons (Fsp3) is 0.200.